The standard InChI is InChI=1S/C20H29N5O4S/c1-20(2,3)18(14-24-8-7-21-15-24)23-19(26)22-16-5-4-6-17(13-16)30(27,28)25-9-11-29-12-10-25/h4-8,13,15,18H,9-12,14H2,1-3H3,(H2,22,23,26). The molecule has 9 nitrogen and oxygen atoms in total. The SMILES string of the molecule is CC(C)(C)C(Cn1ccnc1)NC(=O)Nc1cccc(S(=O)(=O)N2CCOCC2)c1. The van der Waals surface area contributed by atoms with Crippen molar-refractivity contribution in [2.45, 2.75) is 38.3 Å². The van der Waals surface area contributed by atoms with E-state index < -0.39 is 16.1 Å². The van der Waals surface area contributed by atoms with E-state index >= 15 is 0 Å². The minimum Gasteiger partial charge on any atom is -0.379 e. The van der Waals surface area contributed by atoms with Gasteiger partial charge in [-0.1, -0.05) is 26.8 Å². The Bertz CT molecular complexity index is 948. The van der Waals surface area contributed by atoms with Gasteiger partial charge in [0.15, 0.2) is 0 Å². The van der Waals surface area contributed by atoms with Crippen LogP contribution < -0.4 is 10.6 Å². The Labute approximate surface area is 177 Å². The van der Waals surface area contributed by atoms with Crippen LogP contribution >= 0.6 is 0 Å². The lowest BCUT2D eigenvalue weighted by Gasteiger charge is -2.31. The number of anilines is 1. The molecule has 0 saturated carbocycles. The lowest BCUT2D eigenvalue weighted by molar-refractivity contribution is 0.0730. The van der Waals surface area contributed by atoms with Crippen LogP contribution in [-0.4, -0.2) is 60.7 Å². The number of aromatic nitrogens is 2. The highest BCUT2D eigenvalue weighted by Crippen LogP contribution is 2.22. The molecule has 1 aromatic carbocycles. The Balaban J connectivity index is 1.69. The summed E-state index contributed by atoms with van der Waals surface area (Å²) in [6, 6.07) is 5.75. The van der Waals surface area contributed by atoms with Crippen molar-refractivity contribution in [1.29, 1.82) is 0 Å². The lowest BCUT2D eigenvalue weighted by Crippen LogP contribution is -2.47. The van der Waals surface area contributed by atoms with Crippen molar-refractivity contribution in [2.75, 3.05) is 31.6 Å². The average molecular weight is 436 g/mol. The van der Waals surface area contributed by atoms with Gasteiger partial charge in [-0.25, -0.2) is 18.2 Å². The van der Waals surface area contributed by atoms with Gasteiger partial charge in [0.25, 0.3) is 0 Å². The second kappa shape index (κ2) is 9.15. The first-order valence-electron chi connectivity index (χ1n) is 9.87. The molecule has 2 aromatic rings. The zero-order valence-electron chi connectivity index (χ0n) is 17.5. The number of nitrogens with zero attached hydrogens (tertiary/aromatic N) is 3. The molecule has 1 aliphatic heterocycles. The largest absolute Gasteiger partial charge is 0.379 e. The molecule has 30 heavy (non-hydrogen) atoms. The van der Waals surface area contributed by atoms with Crippen LogP contribution in [-0.2, 0) is 21.3 Å². The normalized spacial score (nSPS) is 16.8. The second-order valence-electron chi connectivity index (χ2n) is 8.32. The molecule has 1 aromatic heterocycles. The number of benzene rings is 1. The van der Waals surface area contributed by atoms with Gasteiger partial charge in [-0.05, 0) is 23.6 Å². The van der Waals surface area contributed by atoms with Gasteiger partial charge in [0.05, 0.1) is 30.5 Å². The molecule has 164 valence electrons. The summed E-state index contributed by atoms with van der Waals surface area (Å²) >= 11 is 0. The Morgan fingerprint density at radius 1 is 1.27 bits per heavy atom. The zero-order chi connectivity index (χ0) is 21.8. The zero-order valence-corrected chi connectivity index (χ0v) is 18.4. The number of hydrogen-bond acceptors (Lipinski definition) is 5. The van der Waals surface area contributed by atoms with E-state index in [2.05, 4.69) is 15.6 Å². The first kappa shape index (κ1) is 22.3. The summed E-state index contributed by atoms with van der Waals surface area (Å²) in [7, 11) is -3.63. The maximum Gasteiger partial charge on any atom is 0.319 e. The van der Waals surface area contributed by atoms with E-state index in [4.69, 9.17) is 4.74 Å². The maximum absolute atomic E-state index is 12.8. The van der Waals surface area contributed by atoms with Crippen molar-refractivity contribution in [2.24, 2.45) is 5.41 Å². The summed E-state index contributed by atoms with van der Waals surface area (Å²) in [6.45, 7) is 8.11. The van der Waals surface area contributed by atoms with Crippen molar-refractivity contribution >= 4 is 21.7 Å². The molecule has 2 N–H and O–H groups in total. The van der Waals surface area contributed by atoms with Gasteiger partial charge in [0, 0.05) is 37.7 Å². The number of ether oxygens (including phenoxy) is 1. The molecule has 3 rings (SSSR count). The minimum atomic E-state index is -3.63. The van der Waals surface area contributed by atoms with Gasteiger partial charge < -0.3 is 19.9 Å². The fourth-order valence-corrected chi connectivity index (χ4v) is 4.59. The van der Waals surface area contributed by atoms with Gasteiger partial charge in [-0.2, -0.15) is 4.31 Å². The highest BCUT2D eigenvalue weighted by Gasteiger charge is 2.28. The highest BCUT2D eigenvalue weighted by atomic mass is 32.2. The Hall–Kier alpha value is -2.43. The molecule has 0 aliphatic carbocycles. The van der Waals surface area contributed by atoms with Crippen molar-refractivity contribution in [1.82, 2.24) is 19.2 Å². The molecular formula is C20H29N5O4S. The Kier molecular flexibility index (Phi) is 6.79. The van der Waals surface area contributed by atoms with E-state index in [1.54, 1.807) is 24.7 Å². The predicted octanol–water partition coefficient (Wildman–Crippen LogP) is 2.14. The molecule has 1 fully saturated rings. The van der Waals surface area contributed by atoms with Gasteiger partial charge in [-0.3, -0.25) is 0 Å². The van der Waals surface area contributed by atoms with Crippen molar-refractivity contribution in [3.63, 3.8) is 0 Å². The molecule has 1 saturated heterocycles. The maximum atomic E-state index is 12.8. The number of imidazole rings is 1. The quantitative estimate of drug-likeness (QED) is 0.723. The number of carbonyl (C=O) groups excluding carboxylic acids is 1. The second-order valence-corrected chi connectivity index (χ2v) is 10.3. The summed E-state index contributed by atoms with van der Waals surface area (Å²) in [4.78, 5) is 16.8. The molecule has 1 unspecified atom stereocenters. The summed E-state index contributed by atoms with van der Waals surface area (Å²) in [5.41, 5.74) is 0.223. The van der Waals surface area contributed by atoms with Crippen LogP contribution in [0.25, 0.3) is 0 Å². The number of hydrogen-bond donors (Lipinski definition) is 2. The Morgan fingerprint density at radius 3 is 2.63 bits per heavy atom. The lowest BCUT2D eigenvalue weighted by atomic mass is 9.86. The van der Waals surface area contributed by atoms with Crippen LogP contribution in [0.2, 0.25) is 0 Å². The van der Waals surface area contributed by atoms with Gasteiger partial charge >= 0.3 is 6.03 Å². The monoisotopic (exact) mass is 435 g/mol. The minimum absolute atomic E-state index is 0.146. The summed E-state index contributed by atoms with van der Waals surface area (Å²) in [5, 5.41) is 5.75. The van der Waals surface area contributed by atoms with E-state index in [9.17, 15) is 13.2 Å². The third-order valence-electron chi connectivity index (χ3n) is 5.00. The molecule has 0 bridgehead atoms. The topological polar surface area (TPSA) is 106 Å². The van der Waals surface area contributed by atoms with Crippen LogP contribution in [0.3, 0.4) is 0 Å². The van der Waals surface area contributed by atoms with Crippen LogP contribution in [0, 0.1) is 5.41 Å². The third-order valence-corrected chi connectivity index (χ3v) is 6.90. The van der Waals surface area contributed by atoms with Gasteiger partial charge in [-0.15, -0.1) is 0 Å². The van der Waals surface area contributed by atoms with Crippen LogP contribution in [0.1, 0.15) is 20.8 Å². The number of morpholine rings is 1. The molecular weight excluding hydrogens is 406 g/mol. The van der Waals surface area contributed by atoms with E-state index in [1.807, 2.05) is 31.5 Å². The first-order chi connectivity index (χ1) is 14.2. The smallest absolute Gasteiger partial charge is 0.319 e. The number of nitrogens with one attached hydrogen (secondary N) is 2. The van der Waals surface area contributed by atoms with E-state index in [0.717, 1.165) is 0 Å². The molecule has 1 aliphatic rings. The van der Waals surface area contributed by atoms with E-state index in [1.165, 1.54) is 16.4 Å². The van der Waals surface area contributed by atoms with Crippen molar-refractivity contribution in [3.05, 3.63) is 43.0 Å². The van der Waals surface area contributed by atoms with Crippen LogP contribution in [0.5, 0.6) is 0 Å². The fraction of sp³-hybridized carbons (Fsp3) is 0.500. The number of sulfonamides is 1. The summed E-state index contributed by atoms with van der Waals surface area (Å²) < 4.78 is 34.2. The summed E-state index contributed by atoms with van der Waals surface area (Å²) in [6.07, 6.45) is 5.25. The summed E-state index contributed by atoms with van der Waals surface area (Å²) in [5.74, 6) is 0. The third kappa shape index (κ3) is 5.59. The predicted molar refractivity (Wildman–Crippen MR) is 114 cm³/mol. The molecule has 2 amide bonds. The highest BCUT2D eigenvalue weighted by molar-refractivity contribution is 7.89. The first-order valence-corrected chi connectivity index (χ1v) is 11.3. The molecule has 0 radical (unpaired) electrons. The number of carbonyl (C=O) groups is 1. The number of amides is 2. The van der Waals surface area contributed by atoms with E-state index in [0.29, 0.717) is 38.5 Å². The molecule has 1 atom stereocenters. The van der Waals surface area contributed by atoms with Crippen molar-refractivity contribution in [3.8, 4) is 0 Å². The van der Waals surface area contributed by atoms with Crippen LogP contribution in [0.15, 0.2) is 47.9 Å². The Morgan fingerprint density at radius 2 is 2.00 bits per heavy atom. The number of rotatable bonds is 6. The molecule has 10 heteroatoms. The fourth-order valence-electron chi connectivity index (χ4n) is 3.14. The van der Waals surface area contributed by atoms with Gasteiger partial charge in [0.2, 0.25) is 10.0 Å². The molecule has 2 heterocycles. The molecule has 0 spiro atoms. The van der Waals surface area contributed by atoms with Crippen molar-refractivity contribution < 1.29 is 17.9 Å². The van der Waals surface area contributed by atoms with Crippen LogP contribution in [0.4, 0.5) is 10.5 Å². The van der Waals surface area contributed by atoms with Gasteiger partial charge in [0.1, 0.15) is 0 Å². The number of urea groups is 1. The van der Waals surface area contributed by atoms with E-state index in [-0.39, 0.29) is 16.4 Å². The average Bonchev–Trinajstić information content (AvgIpc) is 3.21.